The number of hydrogen-bond donors (Lipinski definition) is 0. The number of hydrogen-bond acceptors (Lipinski definition) is 5. The van der Waals surface area contributed by atoms with Gasteiger partial charge in [-0.2, -0.15) is 5.10 Å². The van der Waals surface area contributed by atoms with Crippen LogP contribution in [-0.2, 0) is 6.54 Å². The molecule has 0 spiro atoms. The molecule has 0 saturated carbocycles. The van der Waals surface area contributed by atoms with E-state index in [4.69, 9.17) is 11.6 Å². The van der Waals surface area contributed by atoms with Gasteiger partial charge in [-0.1, -0.05) is 29.0 Å². The van der Waals surface area contributed by atoms with Crippen LogP contribution in [0.1, 0.15) is 23.1 Å². The third-order valence-corrected chi connectivity index (χ3v) is 5.37. The Hall–Kier alpha value is -1.96. The minimum atomic E-state index is -0.0931. The highest BCUT2D eigenvalue weighted by molar-refractivity contribution is 7.22. The van der Waals surface area contributed by atoms with Crippen LogP contribution in [0.25, 0.3) is 10.2 Å². The summed E-state index contributed by atoms with van der Waals surface area (Å²) in [5.74, 6) is -0.0931. The molecular formula is C18H22ClN5OS. The Kier molecular flexibility index (Phi) is 5.60. The summed E-state index contributed by atoms with van der Waals surface area (Å²) >= 11 is 7.74. The van der Waals surface area contributed by atoms with Crippen molar-refractivity contribution in [2.24, 2.45) is 0 Å². The number of carbonyl (C=O) groups excluding carboxylic acids is 1. The Morgan fingerprint density at radius 1 is 1.31 bits per heavy atom. The smallest absolute Gasteiger partial charge is 0.278 e. The maximum atomic E-state index is 13.3. The van der Waals surface area contributed by atoms with Crippen molar-refractivity contribution in [1.82, 2.24) is 19.7 Å². The number of carbonyl (C=O) groups is 1. The second kappa shape index (κ2) is 7.73. The molecule has 0 N–H and O–H groups in total. The summed E-state index contributed by atoms with van der Waals surface area (Å²) in [6.07, 6.45) is 0. The van der Waals surface area contributed by atoms with Crippen LogP contribution < -0.4 is 4.90 Å². The molecule has 6 nitrogen and oxygen atoms in total. The van der Waals surface area contributed by atoms with Gasteiger partial charge < -0.3 is 4.90 Å². The molecule has 0 unspecified atom stereocenters. The maximum Gasteiger partial charge on any atom is 0.278 e. The van der Waals surface area contributed by atoms with E-state index in [1.165, 1.54) is 11.3 Å². The first kappa shape index (κ1) is 18.8. The largest absolute Gasteiger partial charge is 0.308 e. The molecule has 0 bridgehead atoms. The van der Waals surface area contributed by atoms with Gasteiger partial charge in [-0.3, -0.25) is 14.4 Å². The van der Waals surface area contributed by atoms with Crippen molar-refractivity contribution in [3.8, 4) is 0 Å². The molecule has 8 heteroatoms. The highest BCUT2D eigenvalue weighted by Gasteiger charge is 2.25. The highest BCUT2D eigenvalue weighted by atomic mass is 35.5. The van der Waals surface area contributed by atoms with Crippen LogP contribution in [-0.4, -0.2) is 52.8 Å². The summed E-state index contributed by atoms with van der Waals surface area (Å²) in [6, 6.07) is 7.51. The van der Waals surface area contributed by atoms with E-state index >= 15 is 0 Å². The van der Waals surface area contributed by atoms with Crippen LogP contribution >= 0.6 is 22.9 Å². The van der Waals surface area contributed by atoms with Crippen molar-refractivity contribution < 1.29 is 4.79 Å². The fraction of sp³-hybridized carbons (Fsp3) is 0.389. The summed E-state index contributed by atoms with van der Waals surface area (Å²) in [7, 11) is 3.97. The number of thiazole rings is 1. The van der Waals surface area contributed by atoms with Gasteiger partial charge in [-0.05, 0) is 46.1 Å². The van der Waals surface area contributed by atoms with Crippen LogP contribution in [0.4, 0.5) is 5.13 Å². The van der Waals surface area contributed by atoms with Gasteiger partial charge in [0.1, 0.15) is 11.2 Å². The Bertz CT molecular complexity index is 933. The van der Waals surface area contributed by atoms with Crippen molar-refractivity contribution in [3.63, 3.8) is 0 Å². The summed E-state index contributed by atoms with van der Waals surface area (Å²) in [5, 5.41) is 5.65. The third kappa shape index (κ3) is 3.75. The number of fused-ring (bicyclic) bond motifs is 1. The molecule has 0 aliphatic carbocycles. The molecular weight excluding hydrogens is 370 g/mol. The average molecular weight is 392 g/mol. The van der Waals surface area contributed by atoms with Gasteiger partial charge in [0.15, 0.2) is 5.13 Å². The molecule has 0 aliphatic rings. The van der Waals surface area contributed by atoms with Crippen molar-refractivity contribution in [2.45, 2.75) is 20.4 Å². The molecule has 0 aliphatic heterocycles. The number of nitrogens with zero attached hydrogens (tertiary/aromatic N) is 5. The first-order valence-corrected chi connectivity index (χ1v) is 9.66. The summed E-state index contributed by atoms with van der Waals surface area (Å²) < 4.78 is 2.70. The van der Waals surface area contributed by atoms with Gasteiger partial charge in [0.05, 0.1) is 15.4 Å². The van der Waals surface area contributed by atoms with Gasteiger partial charge in [-0.25, -0.2) is 4.98 Å². The number of anilines is 1. The Balaban J connectivity index is 2.03. The predicted octanol–water partition coefficient (Wildman–Crippen LogP) is 3.68. The zero-order chi connectivity index (χ0) is 18.8. The first-order valence-electron chi connectivity index (χ1n) is 8.46. The van der Waals surface area contributed by atoms with Gasteiger partial charge in [0.2, 0.25) is 0 Å². The summed E-state index contributed by atoms with van der Waals surface area (Å²) in [6.45, 7) is 5.78. The molecule has 1 amide bonds. The van der Waals surface area contributed by atoms with Crippen LogP contribution in [0.15, 0.2) is 24.3 Å². The Morgan fingerprint density at radius 2 is 2.08 bits per heavy atom. The lowest BCUT2D eigenvalue weighted by molar-refractivity contribution is 0.0975. The molecule has 0 atom stereocenters. The molecule has 3 rings (SSSR count). The van der Waals surface area contributed by atoms with E-state index in [1.807, 2.05) is 57.1 Å². The lowest BCUT2D eigenvalue weighted by atomic mass is 10.3. The second-order valence-electron chi connectivity index (χ2n) is 6.33. The number of amides is 1. The Labute approximate surface area is 162 Å². The van der Waals surface area contributed by atoms with E-state index in [9.17, 15) is 4.79 Å². The number of halogens is 1. The molecule has 2 heterocycles. The SMILES string of the molecule is CCn1nc(C)cc1C(=O)N(CCN(C)C)c1nc2c(Cl)cccc2s1. The fourth-order valence-electron chi connectivity index (χ4n) is 2.70. The van der Waals surface area contributed by atoms with Crippen LogP contribution in [0.2, 0.25) is 5.02 Å². The molecule has 26 heavy (non-hydrogen) atoms. The lowest BCUT2D eigenvalue weighted by Gasteiger charge is -2.22. The fourth-order valence-corrected chi connectivity index (χ4v) is 3.99. The van der Waals surface area contributed by atoms with Crippen LogP contribution in [0.5, 0.6) is 0 Å². The number of benzene rings is 1. The topological polar surface area (TPSA) is 54.3 Å². The molecule has 0 radical (unpaired) electrons. The van der Waals surface area contributed by atoms with E-state index < -0.39 is 0 Å². The summed E-state index contributed by atoms with van der Waals surface area (Å²) in [4.78, 5) is 21.7. The molecule has 3 aromatic rings. The molecule has 138 valence electrons. The molecule has 0 saturated heterocycles. The summed E-state index contributed by atoms with van der Waals surface area (Å²) in [5.41, 5.74) is 2.14. The highest BCUT2D eigenvalue weighted by Crippen LogP contribution is 2.33. The zero-order valence-electron chi connectivity index (χ0n) is 15.4. The standard InChI is InChI=1S/C18H22ClN5OS/c1-5-24-14(11-12(2)21-24)17(25)23(10-9-22(3)4)18-20-16-13(19)7-6-8-15(16)26-18/h6-8,11H,5,9-10H2,1-4H3. The van der Waals surface area contributed by atoms with E-state index in [0.29, 0.717) is 28.9 Å². The molecule has 2 aromatic heterocycles. The average Bonchev–Trinajstić information content (AvgIpc) is 3.18. The van der Waals surface area contributed by atoms with Gasteiger partial charge in [0, 0.05) is 19.6 Å². The van der Waals surface area contributed by atoms with Crippen molar-refractivity contribution in [3.05, 3.63) is 40.7 Å². The van der Waals surface area contributed by atoms with Gasteiger partial charge >= 0.3 is 0 Å². The number of rotatable bonds is 6. The quantitative estimate of drug-likeness (QED) is 0.643. The van der Waals surface area contributed by atoms with E-state index in [1.54, 1.807) is 9.58 Å². The van der Waals surface area contributed by atoms with E-state index in [0.717, 1.165) is 22.5 Å². The monoisotopic (exact) mass is 391 g/mol. The van der Waals surface area contributed by atoms with Gasteiger partial charge in [0.25, 0.3) is 5.91 Å². The zero-order valence-corrected chi connectivity index (χ0v) is 16.9. The van der Waals surface area contributed by atoms with Crippen molar-refractivity contribution >= 4 is 44.2 Å². The second-order valence-corrected chi connectivity index (χ2v) is 7.75. The van der Waals surface area contributed by atoms with E-state index in [-0.39, 0.29) is 5.91 Å². The van der Waals surface area contributed by atoms with Crippen LogP contribution in [0.3, 0.4) is 0 Å². The number of likely N-dealkylation sites (N-methyl/N-ethyl adjacent to an activating group) is 1. The molecule has 1 aromatic carbocycles. The van der Waals surface area contributed by atoms with E-state index in [2.05, 4.69) is 10.1 Å². The van der Waals surface area contributed by atoms with Crippen molar-refractivity contribution in [2.75, 3.05) is 32.1 Å². The van der Waals surface area contributed by atoms with Crippen molar-refractivity contribution in [1.29, 1.82) is 0 Å². The normalized spacial score (nSPS) is 11.5. The van der Waals surface area contributed by atoms with Crippen LogP contribution in [0, 0.1) is 6.92 Å². The predicted molar refractivity (Wildman–Crippen MR) is 107 cm³/mol. The molecule has 0 fully saturated rings. The lowest BCUT2D eigenvalue weighted by Crippen LogP contribution is -2.37. The minimum absolute atomic E-state index is 0.0931. The number of aryl methyl sites for hydroxylation is 2. The number of aromatic nitrogens is 3. The van der Waals surface area contributed by atoms with Gasteiger partial charge in [-0.15, -0.1) is 0 Å². The minimum Gasteiger partial charge on any atom is -0.308 e. The number of para-hydroxylation sites is 1. The maximum absolute atomic E-state index is 13.3. The Morgan fingerprint density at radius 3 is 2.73 bits per heavy atom. The first-order chi connectivity index (χ1) is 12.4. The third-order valence-electron chi connectivity index (χ3n) is 4.03.